The lowest BCUT2D eigenvalue weighted by Gasteiger charge is -2.08. The lowest BCUT2D eigenvalue weighted by Crippen LogP contribution is -2.15. The average Bonchev–Trinajstić information content (AvgIpc) is 2.75. The molecule has 1 heterocycles. The Morgan fingerprint density at radius 1 is 1.09 bits per heavy atom. The van der Waals surface area contributed by atoms with Crippen LogP contribution in [-0.2, 0) is 0 Å². The first-order chi connectivity index (χ1) is 10.3. The van der Waals surface area contributed by atoms with Crippen LogP contribution in [0.5, 0.6) is 0 Å². The van der Waals surface area contributed by atoms with Crippen LogP contribution < -0.4 is 5.32 Å². The van der Waals surface area contributed by atoms with Gasteiger partial charge < -0.3 is 10.3 Å². The number of H-pyrrole nitrogens is 1. The first-order valence-electron chi connectivity index (χ1n) is 7.35. The summed E-state index contributed by atoms with van der Waals surface area (Å²) in [6, 6.07) is 6.01. The number of Topliss-reactive ketones (excluding diaryl/α,β-unsaturated/α-hetero) is 2. The number of hydrogen-bond donors (Lipinski definition) is 2. The van der Waals surface area contributed by atoms with Crippen molar-refractivity contribution in [1.29, 1.82) is 0 Å². The molecule has 0 aliphatic carbocycles. The molecule has 0 saturated carbocycles. The highest BCUT2D eigenvalue weighted by molar-refractivity contribution is 6.04. The second kappa shape index (κ2) is 6.18. The van der Waals surface area contributed by atoms with Gasteiger partial charge in [0.05, 0.1) is 12.2 Å². The Bertz CT molecular complexity index is 742. The SMILES string of the molecule is CC(=O)c1c(C)[nH]c(C(=O)CNc2ccc(C)c(C)c2)c1C. The second-order valence-corrected chi connectivity index (χ2v) is 5.76. The number of aryl methyl sites for hydroxylation is 3. The van der Waals surface area contributed by atoms with Gasteiger partial charge in [-0.3, -0.25) is 9.59 Å². The van der Waals surface area contributed by atoms with Gasteiger partial charge in [0, 0.05) is 16.9 Å². The Morgan fingerprint density at radius 2 is 1.77 bits per heavy atom. The van der Waals surface area contributed by atoms with Crippen molar-refractivity contribution in [3.05, 3.63) is 51.8 Å². The molecule has 2 aromatic rings. The van der Waals surface area contributed by atoms with Gasteiger partial charge in [-0.15, -0.1) is 0 Å². The van der Waals surface area contributed by atoms with Crippen molar-refractivity contribution in [3.8, 4) is 0 Å². The molecule has 116 valence electrons. The van der Waals surface area contributed by atoms with Crippen LogP contribution in [0.4, 0.5) is 5.69 Å². The molecule has 1 aromatic heterocycles. The van der Waals surface area contributed by atoms with E-state index in [-0.39, 0.29) is 18.1 Å². The number of nitrogens with one attached hydrogen (secondary N) is 2. The van der Waals surface area contributed by atoms with E-state index >= 15 is 0 Å². The van der Waals surface area contributed by atoms with Gasteiger partial charge in [0.2, 0.25) is 0 Å². The number of benzene rings is 1. The largest absolute Gasteiger partial charge is 0.378 e. The fourth-order valence-corrected chi connectivity index (χ4v) is 2.68. The van der Waals surface area contributed by atoms with Crippen molar-refractivity contribution in [2.75, 3.05) is 11.9 Å². The molecule has 0 bridgehead atoms. The topological polar surface area (TPSA) is 62.0 Å². The highest BCUT2D eigenvalue weighted by Gasteiger charge is 2.19. The van der Waals surface area contributed by atoms with E-state index in [0.717, 1.165) is 16.9 Å². The zero-order chi connectivity index (χ0) is 16.4. The molecule has 0 saturated heterocycles. The summed E-state index contributed by atoms with van der Waals surface area (Å²) in [7, 11) is 0. The first-order valence-corrected chi connectivity index (χ1v) is 7.35. The van der Waals surface area contributed by atoms with Crippen molar-refractivity contribution >= 4 is 17.3 Å². The van der Waals surface area contributed by atoms with E-state index in [9.17, 15) is 9.59 Å². The van der Waals surface area contributed by atoms with Crippen molar-refractivity contribution in [1.82, 2.24) is 4.98 Å². The Labute approximate surface area is 130 Å². The minimum atomic E-state index is -0.0497. The molecule has 22 heavy (non-hydrogen) atoms. The molecule has 4 heteroatoms. The molecule has 0 unspecified atom stereocenters. The first kappa shape index (κ1) is 16.0. The molecule has 1 aromatic carbocycles. The summed E-state index contributed by atoms with van der Waals surface area (Å²) in [6.07, 6.45) is 0. The number of rotatable bonds is 5. The summed E-state index contributed by atoms with van der Waals surface area (Å²) in [4.78, 5) is 27.0. The van der Waals surface area contributed by atoms with Gasteiger partial charge in [0.15, 0.2) is 11.6 Å². The quantitative estimate of drug-likeness (QED) is 0.826. The monoisotopic (exact) mass is 298 g/mol. The summed E-state index contributed by atoms with van der Waals surface area (Å²) in [5.74, 6) is -0.0706. The Balaban J connectivity index is 2.14. The number of aromatic amines is 1. The molecular weight excluding hydrogens is 276 g/mol. The van der Waals surface area contributed by atoms with Gasteiger partial charge in [0.1, 0.15) is 0 Å². The highest BCUT2D eigenvalue weighted by atomic mass is 16.1. The number of ketones is 2. The zero-order valence-corrected chi connectivity index (χ0v) is 13.8. The molecule has 0 atom stereocenters. The van der Waals surface area contributed by atoms with Gasteiger partial charge in [-0.25, -0.2) is 0 Å². The van der Waals surface area contributed by atoms with Crippen LogP contribution in [0.15, 0.2) is 18.2 Å². The number of carbonyl (C=O) groups excluding carboxylic acids is 2. The lowest BCUT2D eigenvalue weighted by atomic mass is 10.1. The normalized spacial score (nSPS) is 10.6. The van der Waals surface area contributed by atoms with Crippen molar-refractivity contribution < 1.29 is 9.59 Å². The van der Waals surface area contributed by atoms with Crippen LogP contribution in [0.25, 0.3) is 0 Å². The maximum Gasteiger partial charge on any atom is 0.198 e. The second-order valence-electron chi connectivity index (χ2n) is 5.76. The minimum absolute atomic E-state index is 0.0209. The standard InChI is InChI=1S/C18H22N2O2/c1-10-6-7-15(8-11(10)2)19-9-16(22)18-12(3)17(14(5)21)13(4)20-18/h6-8,19-20H,9H2,1-5H3. The predicted octanol–water partition coefficient (Wildman–Crippen LogP) is 3.75. The molecule has 0 aliphatic heterocycles. The maximum absolute atomic E-state index is 12.4. The number of hydrogen-bond acceptors (Lipinski definition) is 3. The van der Waals surface area contributed by atoms with E-state index in [0.29, 0.717) is 11.3 Å². The smallest absolute Gasteiger partial charge is 0.198 e. The van der Waals surface area contributed by atoms with E-state index in [2.05, 4.69) is 17.2 Å². The molecule has 0 fully saturated rings. The van der Waals surface area contributed by atoms with Gasteiger partial charge in [-0.05, 0) is 63.4 Å². The third kappa shape index (κ3) is 3.11. The van der Waals surface area contributed by atoms with E-state index < -0.39 is 0 Å². The zero-order valence-electron chi connectivity index (χ0n) is 13.8. The van der Waals surface area contributed by atoms with Gasteiger partial charge >= 0.3 is 0 Å². The average molecular weight is 298 g/mol. The van der Waals surface area contributed by atoms with Gasteiger partial charge in [-0.2, -0.15) is 0 Å². The molecule has 0 spiro atoms. The molecule has 2 rings (SSSR count). The van der Waals surface area contributed by atoms with Crippen LogP contribution in [0.1, 0.15) is 50.2 Å². The van der Waals surface area contributed by atoms with Crippen LogP contribution >= 0.6 is 0 Å². The Hall–Kier alpha value is -2.36. The number of carbonyl (C=O) groups is 2. The molecule has 4 nitrogen and oxygen atoms in total. The summed E-state index contributed by atoms with van der Waals surface area (Å²) in [5.41, 5.74) is 5.94. The predicted molar refractivity (Wildman–Crippen MR) is 89.0 cm³/mol. The van der Waals surface area contributed by atoms with Gasteiger partial charge in [-0.1, -0.05) is 6.07 Å². The van der Waals surface area contributed by atoms with Crippen molar-refractivity contribution in [3.63, 3.8) is 0 Å². The third-order valence-corrected chi connectivity index (χ3v) is 4.03. The highest BCUT2D eigenvalue weighted by Crippen LogP contribution is 2.19. The van der Waals surface area contributed by atoms with Crippen LogP contribution in [-0.4, -0.2) is 23.1 Å². The fraction of sp³-hybridized carbons (Fsp3) is 0.333. The molecule has 0 amide bonds. The van der Waals surface area contributed by atoms with Crippen molar-refractivity contribution in [2.24, 2.45) is 0 Å². The summed E-state index contributed by atoms with van der Waals surface area (Å²) in [6.45, 7) is 9.44. The fourth-order valence-electron chi connectivity index (χ4n) is 2.68. The molecule has 0 aliphatic rings. The Kier molecular flexibility index (Phi) is 4.50. The number of anilines is 1. The minimum Gasteiger partial charge on any atom is -0.378 e. The van der Waals surface area contributed by atoms with Crippen LogP contribution in [0, 0.1) is 27.7 Å². The van der Waals surface area contributed by atoms with Gasteiger partial charge in [0.25, 0.3) is 0 Å². The summed E-state index contributed by atoms with van der Waals surface area (Å²) < 4.78 is 0. The van der Waals surface area contributed by atoms with E-state index in [1.807, 2.05) is 39.0 Å². The van der Waals surface area contributed by atoms with Crippen LogP contribution in [0.2, 0.25) is 0 Å². The third-order valence-electron chi connectivity index (χ3n) is 4.03. The molecule has 0 radical (unpaired) electrons. The molecular formula is C18H22N2O2. The van der Waals surface area contributed by atoms with Crippen molar-refractivity contribution in [2.45, 2.75) is 34.6 Å². The maximum atomic E-state index is 12.4. The van der Waals surface area contributed by atoms with E-state index in [1.54, 1.807) is 0 Å². The summed E-state index contributed by atoms with van der Waals surface area (Å²) in [5, 5.41) is 3.14. The molecule has 2 N–H and O–H groups in total. The lowest BCUT2D eigenvalue weighted by molar-refractivity contribution is 0.1000. The summed E-state index contributed by atoms with van der Waals surface area (Å²) >= 11 is 0. The van der Waals surface area contributed by atoms with E-state index in [4.69, 9.17) is 0 Å². The van der Waals surface area contributed by atoms with E-state index in [1.165, 1.54) is 18.1 Å². The van der Waals surface area contributed by atoms with Crippen LogP contribution in [0.3, 0.4) is 0 Å². The number of aromatic nitrogens is 1. The Morgan fingerprint density at radius 3 is 2.32 bits per heavy atom.